The maximum absolute atomic E-state index is 13.1. The van der Waals surface area contributed by atoms with Gasteiger partial charge in [0.25, 0.3) is 0 Å². The van der Waals surface area contributed by atoms with Crippen molar-refractivity contribution in [3.05, 3.63) is 63.9 Å². The quantitative estimate of drug-likeness (QED) is 0.571. The van der Waals surface area contributed by atoms with E-state index >= 15 is 0 Å². The average Bonchev–Trinajstić information content (AvgIpc) is 3.19. The molecule has 0 radical (unpaired) electrons. The zero-order valence-electron chi connectivity index (χ0n) is 13.0. The highest BCUT2D eigenvalue weighted by Crippen LogP contribution is 2.33. The van der Waals surface area contributed by atoms with E-state index in [4.69, 9.17) is 23.2 Å². The molecule has 0 unspecified atom stereocenters. The van der Waals surface area contributed by atoms with Crippen LogP contribution >= 0.6 is 35.0 Å². The van der Waals surface area contributed by atoms with Crippen molar-refractivity contribution in [3.63, 3.8) is 0 Å². The van der Waals surface area contributed by atoms with Crippen LogP contribution in [0.1, 0.15) is 5.56 Å². The fourth-order valence-electron chi connectivity index (χ4n) is 2.73. The van der Waals surface area contributed by atoms with Crippen LogP contribution in [0.15, 0.2) is 47.6 Å². The minimum absolute atomic E-state index is 0.248. The second-order valence-corrected chi connectivity index (χ2v) is 7.36. The Morgan fingerprint density at radius 2 is 1.80 bits per heavy atom. The van der Waals surface area contributed by atoms with Gasteiger partial charge in [-0.2, -0.15) is 0 Å². The number of hydrogen-bond acceptors (Lipinski definition) is 4. The number of anilines is 2. The molecule has 128 valence electrons. The molecule has 0 spiro atoms. The molecule has 4 rings (SSSR count). The molecule has 0 saturated heterocycles. The van der Waals surface area contributed by atoms with Crippen molar-refractivity contribution in [1.29, 1.82) is 0 Å². The second-order valence-electron chi connectivity index (χ2n) is 5.60. The first-order chi connectivity index (χ1) is 12.1. The molecule has 1 aliphatic heterocycles. The van der Waals surface area contributed by atoms with Crippen molar-refractivity contribution < 1.29 is 4.39 Å². The van der Waals surface area contributed by atoms with Crippen molar-refractivity contribution in [3.8, 4) is 0 Å². The lowest BCUT2D eigenvalue weighted by molar-refractivity contribution is 0.627. The number of aromatic nitrogens is 3. The summed E-state index contributed by atoms with van der Waals surface area (Å²) in [7, 11) is 0. The molecule has 1 aliphatic rings. The summed E-state index contributed by atoms with van der Waals surface area (Å²) in [5, 5.41) is 10.5. The largest absolute Gasteiger partial charge is 0.309 e. The highest BCUT2D eigenvalue weighted by molar-refractivity contribution is 7.98. The molecule has 3 aromatic rings. The molecule has 25 heavy (non-hydrogen) atoms. The van der Waals surface area contributed by atoms with E-state index in [0.717, 1.165) is 41.2 Å². The molecule has 0 bridgehead atoms. The Bertz CT molecular complexity index is 914. The van der Waals surface area contributed by atoms with Crippen LogP contribution in [0.5, 0.6) is 0 Å². The Morgan fingerprint density at radius 1 is 1.00 bits per heavy atom. The predicted octanol–water partition coefficient (Wildman–Crippen LogP) is 5.17. The van der Waals surface area contributed by atoms with Crippen LogP contribution in [0.3, 0.4) is 0 Å². The molecule has 8 heteroatoms. The molecular formula is C17H13Cl2FN4S. The van der Waals surface area contributed by atoms with Crippen LogP contribution < -0.4 is 4.90 Å². The number of thioether (sulfide) groups is 1. The number of hydrogen-bond donors (Lipinski definition) is 0. The molecular weight excluding hydrogens is 382 g/mol. The van der Waals surface area contributed by atoms with Gasteiger partial charge >= 0.3 is 0 Å². The Morgan fingerprint density at radius 3 is 2.56 bits per heavy atom. The normalized spacial score (nSPS) is 13.3. The predicted molar refractivity (Wildman–Crippen MR) is 99.5 cm³/mol. The molecule has 4 nitrogen and oxygen atoms in total. The summed E-state index contributed by atoms with van der Waals surface area (Å²) in [4.78, 5) is 2.04. The fourth-order valence-corrected chi connectivity index (χ4v) is 3.95. The van der Waals surface area contributed by atoms with Crippen molar-refractivity contribution in [2.45, 2.75) is 17.5 Å². The zero-order valence-corrected chi connectivity index (χ0v) is 15.3. The molecule has 0 saturated carbocycles. The van der Waals surface area contributed by atoms with Crippen LogP contribution in [0.2, 0.25) is 10.0 Å². The number of nitrogens with zero attached hydrogens (tertiary/aromatic N) is 4. The zero-order chi connectivity index (χ0) is 17.4. The Hall–Kier alpha value is -1.76. The summed E-state index contributed by atoms with van der Waals surface area (Å²) in [5.74, 6) is 1.26. The third kappa shape index (κ3) is 3.34. The number of benzene rings is 2. The van der Waals surface area contributed by atoms with Gasteiger partial charge in [0, 0.05) is 24.5 Å². The van der Waals surface area contributed by atoms with Crippen LogP contribution in [0.25, 0.3) is 0 Å². The summed E-state index contributed by atoms with van der Waals surface area (Å²) >= 11 is 13.6. The van der Waals surface area contributed by atoms with Gasteiger partial charge in [0.05, 0.1) is 10.0 Å². The van der Waals surface area contributed by atoms with Gasteiger partial charge in [-0.1, -0.05) is 41.0 Å². The van der Waals surface area contributed by atoms with Gasteiger partial charge in [-0.15, -0.1) is 10.2 Å². The first-order valence-corrected chi connectivity index (χ1v) is 9.39. The van der Waals surface area contributed by atoms with E-state index in [-0.39, 0.29) is 5.82 Å². The van der Waals surface area contributed by atoms with E-state index in [1.165, 1.54) is 12.1 Å². The summed E-state index contributed by atoms with van der Waals surface area (Å²) < 4.78 is 15.2. The highest BCUT2D eigenvalue weighted by Gasteiger charge is 2.26. The van der Waals surface area contributed by atoms with E-state index in [2.05, 4.69) is 14.8 Å². The van der Waals surface area contributed by atoms with Crippen molar-refractivity contribution in [1.82, 2.24) is 14.8 Å². The summed E-state index contributed by atoms with van der Waals surface area (Å²) in [6.07, 6.45) is 0. The maximum atomic E-state index is 13.1. The maximum Gasteiger partial charge on any atom is 0.232 e. The van der Waals surface area contributed by atoms with Crippen LogP contribution in [-0.4, -0.2) is 21.3 Å². The summed E-state index contributed by atoms with van der Waals surface area (Å²) in [5.41, 5.74) is 1.98. The lowest BCUT2D eigenvalue weighted by Crippen LogP contribution is -2.14. The molecule has 0 fully saturated rings. The first kappa shape index (κ1) is 16.7. The van der Waals surface area contributed by atoms with Crippen LogP contribution in [0, 0.1) is 5.82 Å². The molecule has 0 amide bonds. The smallest absolute Gasteiger partial charge is 0.232 e. The van der Waals surface area contributed by atoms with Gasteiger partial charge in [-0.05, 0) is 42.0 Å². The van der Waals surface area contributed by atoms with E-state index < -0.39 is 0 Å². The highest BCUT2D eigenvalue weighted by atomic mass is 35.5. The lowest BCUT2D eigenvalue weighted by Gasteiger charge is -2.14. The van der Waals surface area contributed by atoms with Gasteiger partial charge in [0.15, 0.2) is 5.16 Å². The van der Waals surface area contributed by atoms with Gasteiger partial charge in [0.1, 0.15) is 5.82 Å². The standard InChI is InChI=1S/C17H13Cl2FN4S/c18-14-6-1-11(9-15(14)19)10-25-17-22-21-16-23(7-8-24(16)17)13-4-2-12(20)3-5-13/h1-6,9H,7-8,10H2. The molecule has 2 aromatic carbocycles. The van der Waals surface area contributed by atoms with Crippen LogP contribution in [-0.2, 0) is 12.3 Å². The van der Waals surface area contributed by atoms with Crippen LogP contribution in [0.4, 0.5) is 16.0 Å². The van der Waals surface area contributed by atoms with Gasteiger partial charge in [0.2, 0.25) is 5.95 Å². The molecule has 2 heterocycles. The lowest BCUT2D eigenvalue weighted by atomic mass is 10.2. The number of rotatable bonds is 4. The third-order valence-corrected chi connectivity index (χ3v) is 5.75. The minimum atomic E-state index is -0.248. The summed E-state index contributed by atoms with van der Waals surface area (Å²) in [6.45, 7) is 1.58. The Labute approximate surface area is 158 Å². The van der Waals surface area contributed by atoms with Crippen molar-refractivity contribution in [2.75, 3.05) is 11.4 Å². The fraction of sp³-hybridized carbons (Fsp3) is 0.176. The molecule has 1 aromatic heterocycles. The Balaban J connectivity index is 1.51. The average molecular weight is 395 g/mol. The molecule has 0 atom stereocenters. The van der Waals surface area contributed by atoms with E-state index in [0.29, 0.717) is 10.0 Å². The van der Waals surface area contributed by atoms with Crippen molar-refractivity contribution >= 4 is 46.6 Å². The molecule has 0 aliphatic carbocycles. The number of halogens is 3. The SMILES string of the molecule is Fc1ccc(N2CCn3c(SCc4ccc(Cl)c(Cl)c4)nnc32)cc1. The Kier molecular flexibility index (Phi) is 4.58. The summed E-state index contributed by atoms with van der Waals surface area (Å²) in [6, 6.07) is 12.0. The topological polar surface area (TPSA) is 34.0 Å². The third-order valence-electron chi connectivity index (χ3n) is 3.98. The monoisotopic (exact) mass is 394 g/mol. The minimum Gasteiger partial charge on any atom is -0.309 e. The van der Waals surface area contributed by atoms with E-state index in [1.54, 1.807) is 30.0 Å². The van der Waals surface area contributed by atoms with Crippen molar-refractivity contribution in [2.24, 2.45) is 0 Å². The van der Waals surface area contributed by atoms with E-state index in [1.807, 2.05) is 17.0 Å². The molecule has 0 N–H and O–H groups in total. The van der Waals surface area contributed by atoms with Gasteiger partial charge in [-0.25, -0.2) is 4.39 Å². The van der Waals surface area contributed by atoms with E-state index in [9.17, 15) is 4.39 Å². The first-order valence-electron chi connectivity index (χ1n) is 7.65. The second kappa shape index (κ2) is 6.86. The van der Waals surface area contributed by atoms with Gasteiger partial charge in [-0.3, -0.25) is 4.57 Å². The van der Waals surface area contributed by atoms with Gasteiger partial charge < -0.3 is 4.90 Å². The number of fused-ring (bicyclic) bond motifs is 1.